The van der Waals surface area contributed by atoms with E-state index in [9.17, 15) is 0 Å². The highest BCUT2D eigenvalue weighted by Gasteiger charge is 2.17. The van der Waals surface area contributed by atoms with Crippen LogP contribution in [0, 0.1) is 0 Å². The standard InChI is InChI=1S/C14H22N2S/c1-11(10-15)16-13-8-4-5-9-14(13)17-12-6-2-3-7-12/h4-5,8-9,11-12,16H,2-3,6-7,10,15H2,1H3. The minimum Gasteiger partial charge on any atom is -0.380 e. The van der Waals surface area contributed by atoms with Crippen LogP contribution in [0.25, 0.3) is 0 Å². The van der Waals surface area contributed by atoms with Crippen molar-refractivity contribution in [3.05, 3.63) is 24.3 Å². The topological polar surface area (TPSA) is 38.0 Å². The van der Waals surface area contributed by atoms with Gasteiger partial charge in [0.1, 0.15) is 0 Å². The molecule has 1 aromatic rings. The highest BCUT2D eigenvalue weighted by Crippen LogP contribution is 2.38. The van der Waals surface area contributed by atoms with Crippen molar-refractivity contribution in [1.82, 2.24) is 0 Å². The van der Waals surface area contributed by atoms with Gasteiger partial charge < -0.3 is 11.1 Å². The van der Waals surface area contributed by atoms with E-state index in [0.29, 0.717) is 12.6 Å². The van der Waals surface area contributed by atoms with Gasteiger partial charge >= 0.3 is 0 Å². The molecule has 0 amide bonds. The van der Waals surface area contributed by atoms with Crippen LogP contribution in [-0.2, 0) is 0 Å². The van der Waals surface area contributed by atoms with Crippen molar-refractivity contribution in [2.75, 3.05) is 11.9 Å². The number of anilines is 1. The maximum absolute atomic E-state index is 5.66. The van der Waals surface area contributed by atoms with Gasteiger partial charge in [-0.05, 0) is 31.9 Å². The molecular formula is C14H22N2S. The minimum atomic E-state index is 0.334. The molecule has 1 atom stereocenters. The second kappa shape index (κ2) is 6.31. The first-order valence-electron chi connectivity index (χ1n) is 6.52. The largest absolute Gasteiger partial charge is 0.380 e. The van der Waals surface area contributed by atoms with Gasteiger partial charge in [0.2, 0.25) is 0 Å². The first-order chi connectivity index (χ1) is 8.29. The summed E-state index contributed by atoms with van der Waals surface area (Å²) in [6, 6.07) is 8.91. The molecular weight excluding hydrogens is 228 g/mol. The van der Waals surface area contributed by atoms with Crippen LogP contribution >= 0.6 is 11.8 Å². The third kappa shape index (κ3) is 3.65. The molecule has 0 spiro atoms. The summed E-state index contributed by atoms with van der Waals surface area (Å²) in [5.74, 6) is 0. The molecule has 2 nitrogen and oxygen atoms in total. The first kappa shape index (κ1) is 12.8. The molecule has 1 saturated carbocycles. The molecule has 0 saturated heterocycles. The fraction of sp³-hybridized carbons (Fsp3) is 0.571. The zero-order chi connectivity index (χ0) is 12.1. The fourth-order valence-electron chi connectivity index (χ4n) is 2.20. The van der Waals surface area contributed by atoms with E-state index >= 15 is 0 Å². The summed E-state index contributed by atoms with van der Waals surface area (Å²) >= 11 is 2.03. The Morgan fingerprint density at radius 2 is 2.06 bits per heavy atom. The lowest BCUT2D eigenvalue weighted by Crippen LogP contribution is -2.25. The van der Waals surface area contributed by atoms with Crippen molar-refractivity contribution in [3.8, 4) is 0 Å². The molecule has 2 rings (SSSR count). The Morgan fingerprint density at radius 3 is 2.76 bits per heavy atom. The maximum Gasteiger partial charge on any atom is 0.0480 e. The van der Waals surface area contributed by atoms with Gasteiger partial charge in [0.25, 0.3) is 0 Å². The van der Waals surface area contributed by atoms with Crippen molar-refractivity contribution in [3.63, 3.8) is 0 Å². The number of rotatable bonds is 5. The predicted octanol–water partition coefficient (Wildman–Crippen LogP) is 3.48. The van der Waals surface area contributed by atoms with E-state index in [1.165, 1.54) is 36.3 Å². The molecule has 1 aromatic carbocycles. The lowest BCUT2D eigenvalue weighted by atomic mass is 10.2. The Hall–Kier alpha value is -0.670. The maximum atomic E-state index is 5.66. The van der Waals surface area contributed by atoms with Crippen LogP contribution in [0.15, 0.2) is 29.2 Å². The molecule has 3 N–H and O–H groups in total. The smallest absolute Gasteiger partial charge is 0.0480 e. The minimum absolute atomic E-state index is 0.334. The van der Waals surface area contributed by atoms with E-state index in [2.05, 4.69) is 36.5 Å². The molecule has 0 aromatic heterocycles. The number of hydrogen-bond acceptors (Lipinski definition) is 3. The second-order valence-electron chi connectivity index (χ2n) is 4.80. The van der Waals surface area contributed by atoms with Crippen molar-refractivity contribution in [1.29, 1.82) is 0 Å². The Kier molecular flexibility index (Phi) is 4.75. The van der Waals surface area contributed by atoms with E-state index in [4.69, 9.17) is 5.73 Å². The summed E-state index contributed by atoms with van der Waals surface area (Å²) in [7, 11) is 0. The van der Waals surface area contributed by atoms with Crippen LogP contribution in [0.5, 0.6) is 0 Å². The number of para-hydroxylation sites is 1. The Bertz CT molecular complexity index is 348. The van der Waals surface area contributed by atoms with Crippen molar-refractivity contribution in [2.45, 2.75) is 48.8 Å². The molecule has 1 aliphatic carbocycles. The molecule has 1 fully saturated rings. The van der Waals surface area contributed by atoms with Crippen LogP contribution in [0.4, 0.5) is 5.69 Å². The summed E-state index contributed by atoms with van der Waals surface area (Å²) in [6.45, 7) is 2.79. The average Bonchev–Trinajstić information content (AvgIpc) is 2.84. The monoisotopic (exact) mass is 250 g/mol. The SMILES string of the molecule is CC(CN)Nc1ccccc1SC1CCCC1. The summed E-state index contributed by atoms with van der Waals surface area (Å²) in [5.41, 5.74) is 6.90. The second-order valence-corrected chi connectivity index (χ2v) is 6.14. The van der Waals surface area contributed by atoms with Gasteiger partial charge in [0.05, 0.1) is 0 Å². The van der Waals surface area contributed by atoms with Crippen LogP contribution in [-0.4, -0.2) is 17.8 Å². The van der Waals surface area contributed by atoms with Gasteiger partial charge in [-0.25, -0.2) is 0 Å². The van der Waals surface area contributed by atoms with Gasteiger partial charge in [-0.2, -0.15) is 0 Å². The number of benzene rings is 1. The third-order valence-electron chi connectivity index (χ3n) is 3.24. The molecule has 0 heterocycles. The van der Waals surface area contributed by atoms with Gasteiger partial charge in [0.15, 0.2) is 0 Å². The number of nitrogens with one attached hydrogen (secondary N) is 1. The van der Waals surface area contributed by atoms with Crippen molar-refractivity contribution < 1.29 is 0 Å². The molecule has 94 valence electrons. The number of thioether (sulfide) groups is 1. The molecule has 0 radical (unpaired) electrons. The van der Waals surface area contributed by atoms with E-state index in [1.54, 1.807) is 0 Å². The van der Waals surface area contributed by atoms with E-state index in [0.717, 1.165) is 5.25 Å². The summed E-state index contributed by atoms with van der Waals surface area (Å²) in [5, 5.41) is 4.30. The normalized spacial score (nSPS) is 18.2. The molecule has 1 aliphatic rings. The van der Waals surface area contributed by atoms with Crippen LogP contribution in [0.3, 0.4) is 0 Å². The number of hydrogen-bond donors (Lipinski definition) is 2. The van der Waals surface area contributed by atoms with Crippen LogP contribution in [0.2, 0.25) is 0 Å². The molecule has 1 unspecified atom stereocenters. The summed E-state index contributed by atoms with van der Waals surface area (Å²) < 4.78 is 0. The number of nitrogens with two attached hydrogens (primary N) is 1. The van der Waals surface area contributed by atoms with E-state index < -0.39 is 0 Å². The van der Waals surface area contributed by atoms with Gasteiger partial charge in [0, 0.05) is 28.4 Å². The summed E-state index contributed by atoms with van der Waals surface area (Å²) in [4.78, 5) is 1.37. The first-order valence-corrected chi connectivity index (χ1v) is 7.40. The predicted molar refractivity (Wildman–Crippen MR) is 76.7 cm³/mol. The van der Waals surface area contributed by atoms with Crippen LogP contribution < -0.4 is 11.1 Å². The van der Waals surface area contributed by atoms with Crippen molar-refractivity contribution in [2.24, 2.45) is 5.73 Å². The van der Waals surface area contributed by atoms with E-state index in [-0.39, 0.29) is 0 Å². The Labute approximate surface area is 108 Å². The lowest BCUT2D eigenvalue weighted by molar-refractivity contribution is 0.800. The Balaban J connectivity index is 2.04. The highest BCUT2D eigenvalue weighted by molar-refractivity contribution is 8.00. The molecule has 17 heavy (non-hydrogen) atoms. The van der Waals surface area contributed by atoms with Crippen molar-refractivity contribution >= 4 is 17.4 Å². The molecule has 0 bridgehead atoms. The van der Waals surface area contributed by atoms with Crippen LogP contribution in [0.1, 0.15) is 32.6 Å². The van der Waals surface area contributed by atoms with E-state index in [1.807, 2.05) is 11.8 Å². The fourth-order valence-corrected chi connectivity index (χ4v) is 3.54. The van der Waals surface area contributed by atoms with Gasteiger partial charge in [-0.15, -0.1) is 11.8 Å². The summed E-state index contributed by atoms with van der Waals surface area (Å²) in [6.07, 6.45) is 5.52. The zero-order valence-corrected chi connectivity index (χ0v) is 11.3. The third-order valence-corrected chi connectivity index (χ3v) is 4.65. The average molecular weight is 250 g/mol. The van der Waals surface area contributed by atoms with Gasteiger partial charge in [-0.3, -0.25) is 0 Å². The Morgan fingerprint density at radius 1 is 1.35 bits per heavy atom. The molecule has 0 aliphatic heterocycles. The zero-order valence-electron chi connectivity index (χ0n) is 10.5. The van der Waals surface area contributed by atoms with Gasteiger partial charge in [-0.1, -0.05) is 25.0 Å². The quantitative estimate of drug-likeness (QED) is 0.840. The molecule has 3 heteroatoms. The lowest BCUT2D eigenvalue weighted by Gasteiger charge is -2.18. The highest BCUT2D eigenvalue weighted by atomic mass is 32.2.